The summed E-state index contributed by atoms with van der Waals surface area (Å²) in [6, 6.07) is 0. The molecular formula is C9H10O4. The predicted octanol–water partition coefficient (Wildman–Crippen LogP) is 0.580. The van der Waals surface area contributed by atoms with Crippen molar-refractivity contribution in [2.45, 2.75) is 12.8 Å². The molecule has 0 spiro atoms. The van der Waals surface area contributed by atoms with Crippen molar-refractivity contribution in [3.8, 4) is 0 Å². The molecule has 4 nitrogen and oxygen atoms in total. The molecule has 0 aromatic heterocycles. The fourth-order valence-corrected chi connectivity index (χ4v) is 1.97. The highest BCUT2D eigenvalue weighted by Gasteiger charge is 2.55. The zero-order valence-electron chi connectivity index (χ0n) is 7.03. The van der Waals surface area contributed by atoms with Crippen molar-refractivity contribution >= 4 is 11.9 Å². The summed E-state index contributed by atoms with van der Waals surface area (Å²) in [5.41, 5.74) is -0.980. The van der Waals surface area contributed by atoms with E-state index >= 15 is 0 Å². The lowest BCUT2D eigenvalue weighted by Crippen LogP contribution is -2.39. The minimum Gasteiger partial charge on any atom is -0.481 e. The van der Waals surface area contributed by atoms with Crippen molar-refractivity contribution < 1.29 is 19.4 Å². The highest BCUT2D eigenvalue weighted by Crippen LogP contribution is 2.43. The fourth-order valence-electron chi connectivity index (χ4n) is 1.97. The predicted molar refractivity (Wildman–Crippen MR) is 42.9 cm³/mol. The van der Waals surface area contributed by atoms with E-state index in [0.29, 0.717) is 12.8 Å². The van der Waals surface area contributed by atoms with Crippen LogP contribution in [0.5, 0.6) is 0 Å². The molecule has 0 saturated carbocycles. The third kappa shape index (κ3) is 0.978. The van der Waals surface area contributed by atoms with Gasteiger partial charge in [0.05, 0.1) is 5.92 Å². The Morgan fingerprint density at radius 3 is 3.00 bits per heavy atom. The number of hydrogen-bond donors (Lipinski definition) is 1. The van der Waals surface area contributed by atoms with E-state index in [1.807, 2.05) is 12.2 Å². The SMILES string of the molecule is O=C1OC[C@]2(C(=O)O)CC=CC[C@H]12. The Labute approximate surface area is 75.2 Å². The number of carboxylic acid groups (broad SMARTS) is 1. The smallest absolute Gasteiger partial charge is 0.314 e. The minimum absolute atomic E-state index is 0.0240. The average Bonchev–Trinajstić information content (AvgIpc) is 2.46. The maximum absolute atomic E-state index is 11.2. The standard InChI is InChI=1S/C9H10O4/c10-7-6-3-1-2-4-9(6,5-13-7)8(11)12/h1-2,6H,3-5H2,(H,11,12)/t6-,9-/m1/s1. The van der Waals surface area contributed by atoms with Gasteiger partial charge >= 0.3 is 11.9 Å². The van der Waals surface area contributed by atoms with Crippen LogP contribution in [0.4, 0.5) is 0 Å². The number of carboxylic acids is 1. The summed E-state index contributed by atoms with van der Waals surface area (Å²) in [7, 11) is 0. The first-order chi connectivity index (χ1) is 6.17. The zero-order chi connectivity index (χ0) is 9.47. The molecule has 2 aliphatic rings. The molecule has 0 bridgehead atoms. The molecule has 13 heavy (non-hydrogen) atoms. The number of aliphatic carboxylic acids is 1. The Hall–Kier alpha value is -1.32. The van der Waals surface area contributed by atoms with Gasteiger partial charge in [-0.05, 0) is 12.8 Å². The number of ether oxygens (including phenoxy) is 1. The van der Waals surface area contributed by atoms with E-state index in [2.05, 4.69) is 0 Å². The van der Waals surface area contributed by atoms with Crippen molar-refractivity contribution in [2.24, 2.45) is 11.3 Å². The molecule has 2 rings (SSSR count). The van der Waals surface area contributed by atoms with Gasteiger partial charge < -0.3 is 9.84 Å². The van der Waals surface area contributed by atoms with Gasteiger partial charge in [-0.2, -0.15) is 0 Å². The lowest BCUT2D eigenvalue weighted by atomic mass is 9.71. The minimum atomic E-state index is -0.980. The Kier molecular flexibility index (Phi) is 1.65. The number of carbonyl (C=O) groups is 2. The second kappa shape index (κ2) is 2.58. The van der Waals surface area contributed by atoms with Crippen molar-refractivity contribution in [3.63, 3.8) is 0 Å². The van der Waals surface area contributed by atoms with E-state index in [9.17, 15) is 9.59 Å². The molecule has 0 aromatic carbocycles. The number of hydrogen-bond acceptors (Lipinski definition) is 3. The quantitative estimate of drug-likeness (QED) is 0.476. The summed E-state index contributed by atoms with van der Waals surface area (Å²) in [5.74, 6) is -1.77. The van der Waals surface area contributed by atoms with E-state index in [1.54, 1.807) is 0 Å². The summed E-state index contributed by atoms with van der Waals surface area (Å²) in [6.45, 7) is 0.0240. The van der Waals surface area contributed by atoms with Crippen LogP contribution in [0.3, 0.4) is 0 Å². The van der Waals surface area contributed by atoms with Gasteiger partial charge in [-0.25, -0.2) is 0 Å². The summed E-state index contributed by atoms with van der Waals surface area (Å²) in [6.07, 6.45) is 4.55. The van der Waals surface area contributed by atoms with Crippen LogP contribution in [0, 0.1) is 11.3 Å². The summed E-state index contributed by atoms with van der Waals surface area (Å²) < 4.78 is 4.80. The van der Waals surface area contributed by atoms with Crippen LogP contribution in [0.15, 0.2) is 12.2 Å². The van der Waals surface area contributed by atoms with Gasteiger partial charge in [0.2, 0.25) is 0 Å². The highest BCUT2D eigenvalue weighted by atomic mass is 16.5. The van der Waals surface area contributed by atoms with Gasteiger partial charge in [-0.3, -0.25) is 9.59 Å². The summed E-state index contributed by atoms with van der Waals surface area (Å²) in [5, 5.41) is 9.05. The molecule has 0 amide bonds. The molecule has 1 aliphatic heterocycles. The highest BCUT2D eigenvalue weighted by molar-refractivity contribution is 5.88. The van der Waals surface area contributed by atoms with Crippen LogP contribution >= 0.6 is 0 Å². The van der Waals surface area contributed by atoms with E-state index in [4.69, 9.17) is 9.84 Å². The van der Waals surface area contributed by atoms with Gasteiger partial charge in [0.25, 0.3) is 0 Å². The number of fused-ring (bicyclic) bond motifs is 1. The third-order valence-corrected chi connectivity index (χ3v) is 2.87. The second-order valence-electron chi connectivity index (χ2n) is 3.53. The molecule has 4 heteroatoms. The molecule has 0 unspecified atom stereocenters. The van der Waals surface area contributed by atoms with Crippen molar-refractivity contribution in [1.82, 2.24) is 0 Å². The van der Waals surface area contributed by atoms with E-state index in [-0.39, 0.29) is 12.6 Å². The van der Waals surface area contributed by atoms with Crippen molar-refractivity contribution in [1.29, 1.82) is 0 Å². The van der Waals surface area contributed by atoms with Crippen molar-refractivity contribution in [2.75, 3.05) is 6.61 Å². The van der Waals surface area contributed by atoms with Gasteiger partial charge in [-0.15, -0.1) is 0 Å². The molecule has 2 atom stereocenters. The molecule has 1 saturated heterocycles. The van der Waals surface area contributed by atoms with Crippen molar-refractivity contribution in [3.05, 3.63) is 12.2 Å². The first-order valence-electron chi connectivity index (χ1n) is 4.22. The Morgan fingerprint density at radius 2 is 2.38 bits per heavy atom. The molecule has 0 radical (unpaired) electrons. The first kappa shape index (κ1) is 8.29. The first-order valence-corrected chi connectivity index (χ1v) is 4.22. The van der Waals surface area contributed by atoms with E-state index in [1.165, 1.54) is 0 Å². The molecule has 1 heterocycles. The maximum Gasteiger partial charge on any atom is 0.314 e. The maximum atomic E-state index is 11.2. The van der Waals surface area contributed by atoms with Gasteiger partial charge in [0.15, 0.2) is 0 Å². The summed E-state index contributed by atoms with van der Waals surface area (Å²) in [4.78, 5) is 22.2. The molecule has 0 aromatic rings. The molecule has 1 N–H and O–H groups in total. The van der Waals surface area contributed by atoms with Crippen LogP contribution in [0.2, 0.25) is 0 Å². The number of esters is 1. The zero-order valence-corrected chi connectivity index (χ0v) is 7.03. The lowest BCUT2D eigenvalue weighted by Gasteiger charge is -2.27. The van der Waals surface area contributed by atoms with Crippen LogP contribution in [-0.4, -0.2) is 23.7 Å². The van der Waals surface area contributed by atoms with Gasteiger partial charge in [-0.1, -0.05) is 12.2 Å². The van der Waals surface area contributed by atoms with Crippen LogP contribution < -0.4 is 0 Å². The largest absolute Gasteiger partial charge is 0.481 e. The number of cyclic esters (lactones) is 1. The summed E-state index contributed by atoms with van der Waals surface area (Å²) >= 11 is 0. The van der Waals surface area contributed by atoms with E-state index < -0.39 is 17.3 Å². The van der Waals surface area contributed by atoms with Crippen LogP contribution in [0.25, 0.3) is 0 Å². The van der Waals surface area contributed by atoms with Crippen LogP contribution in [-0.2, 0) is 14.3 Å². The molecule has 1 aliphatic carbocycles. The normalized spacial score (nSPS) is 36.9. The van der Waals surface area contributed by atoms with E-state index in [0.717, 1.165) is 0 Å². The van der Waals surface area contributed by atoms with Gasteiger partial charge in [0.1, 0.15) is 12.0 Å². The molecule has 1 fully saturated rings. The average molecular weight is 182 g/mol. The number of rotatable bonds is 1. The second-order valence-corrected chi connectivity index (χ2v) is 3.53. The number of allylic oxidation sites excluding steroid dienone is 2. The Morgan fingerprint density at radius 1 is 1.62 bits per heavy atom. The number of carbonyl (C=O) groups excluding carboxylic acids is 1. The van der Waals surface area contributed by atoms with Gasteiger partial charge in [0, 0.05) is 0 Å². The molecule has 70 valence electrons. The topological polar surface area (TPSA) is 63.6 Å². The molecular weight excluding hydrogens is 172 g/mol. The third-order valence-electron chi connectivity index (χ3n) is 2.87. The Balaban J connectivity index is 2.38. The monoisotopic (exact) mass is 182 g/mol. The fraction of sp³-hybridized carbons (Fsp3) is 0.556. The lowest BCUT2D eigenvalue weighted by molar-refractivity contribution is -0.152. The Bertz CT molecular complexity index is 294. The van der Waals surface area contributed by atoms with Crippen LogP contribution in [0.1, 0.15) is 12.8 Å².